The summed E-state index contributed by atoms with van der Waals surface area (Å²) in [6.07, 6.45) is 10.0. The van der Waals surface area contributed by atoms with E-state index >= 15 is 0 Å². The molecule has 0 fully saturated rings. The van der Waals surface area contributed by atoms with Gasteiger partial charge in [0.2, 0.25) is 5.91 Å². The Morgan fingerprint density at radius 3 is 2.43 bits per heavy atom. The number of Topliss-reactive ketones (excluding diaryl/α,β-unsaturated/α-hetero) is 1. The van der Waals surface area contributed by atoms with Crippen molar-refractivity contribution < 1.29 is 14.0 Å². The Labute approximate surface area is 126 Å². The van der Waals surface area contributed by atoms with E-state index in [2.05, 4.69) is 17.2 Å². The van der Waals surface area contributed by atoms with E-state index in [9.17, 15) is 9.59 Å². The highest BCUT2D eigenvalue weighted by Crippen LogP contribution is 2.10. The first-order valence-corrected chi connectivity index (χ1v) is 7.85. The normalized spacial score (nSPS) is 10.6. The number of carbonyl (C=O) groups is 2. The molecule has 0 saturated heterocycles. The number of amides is 1. The van der Waals surface area contributed by atoms with Gasteiger partial charge in [-0.15, -0.1) is 0 Å². The molecule has 1 rings (SSSR count). The van der Waals surface area contributed by atoms with E-state index in [1.165, 1.54) is 38.4 Å². The Bertz CT molecular complexity index is 440. The van der Waals surface area contributed by atoms with Gasteiger partial charge in [-0.25, -0.2) is 0 Å². The molecule has 5 heteroatoms. The summed E-state index contributed by atoms with van der Waals surface area (Å²) in [5.41, 5.74) is 0.694. The summed E-state index contributed by atoms with van der Waals surface area (Å²) in [6, 6.07) is 0.154. The molecule has 0 aliphatic carbocycles. The van der Waals surface area contributed by atoms with Crippen molar-refractivity contribution in [3.63, 3.8) is 0 Å². The van der Waals surface area contributed by atoms with Gasteiger partial charge in [-0.2, -0.15) is 4.98 Å². The van der Waals surface area contributed by atoms with Gasteiger partial charge in [0.05, 0.1) is 12.1 Å². The monoisotopic (exact) mass is 294 g/mol. The van der Waals surface area contributed by atoms with Crippen LogP contribution >= 0.6 is 0 Å². The topological polar surface area (TPSA) is 72.2 Å². The van der Waals surface area contributed by atoms with Gasteiger partial charge in [-0.3, -0.25) is 14.9 Å². The van der Waals surface area contributed by atoms with E-state index < -0.39 is 0 Å². The highest BCUT2D eigenvalue weighted by atomic mass is 16.4. The second-order valence-electron chi connectivity index (χ2n) is 5.43. The fourth-order valence-electron chi connectivity index (χ4n) is 2.12. The standard InChI is InChI=1S/C16H26N2O3/c1-3-4-5-6-7-8-9-10-14(19)11-15(20)18-16-17-13(2)12-21-16/h12H,3-11H2,1-2H3,(H,17,18,20). The molecule has 1 N–H and O–H groups in total. The van der Waals surface area contributed by atoms with Gasteiger partial charge in [-0.05, 0) is 13.3 Å². The van der Waals surface area contributed by atoms with E-state index in [0.29, 0.717) is 12.1 Å². The van der Waals surface area contributed by atoms with E-state index in [1.807, 2.05) is 0 Å². The van der Waals surface area contributed by atoms with Gasteiger partial charge in [-0.1, -0.05) is 45.4 Å². The van der Waals surface area contributed by atoms with E-state index in [4.69, 9.17) is 4.42 Å². The van der Waals surface area contributed by atoms with Crippen molar-refractivity contribution in [1.82, 2.24) is 4.98 Å². The molecule has 0 aliphatic heterocycles. The van der Waals surface area contributed by atoms with Gasteiger partial charge in [0, 0.05) is 6.42 Å². The fourth-order valence-corrected chi connectivity index (χ4v) is 2.12. The van der Waals surface area contributed by atoms with Crippen LogP contribution in [0.1, 0.15) is 70.4 Å². The lowest BCUT2D eigenvalue weighted by atomic mass is 10.1. The summed E-state index contributed by atoms with van der Waals surface area (Å²) < 4.78 is 5.01. The van der Waals surface area contributed by atoms with Crippen molar-refractivity contribution in [3.05, 3.63) is 12.0 Å². The zero-order chi connectivity index (χ0) is 15.5. The minimum Gasteiger partial charge on any atom is -0.432 e. The van der Waals surface area contributed by atoms with E-state index in [1.54, 1.807) is 6.92 Å². The van der Waals surface area contributed by atoms with Crippen molar-refractivity contribution >= 4 is 17.7 Å². The number of nitrogens with zero attached hydrogens (tertiary/aromatic N) is 1. The number of carbonyl (C=O) groups excluding carboxylic acids is 2. The maximum atomic E-state index is 11.7. The van der Waals surface area contributed by atoms with Crippen LogP contribution in [-0.4, -0.2) is 16.7 Å². The van der Waals surface area contributed by atoms with Crippen LogP contribution in [0.5, 0.6) is 0 Å². The van der Waals surface area contributed by atoms with Gasteiger partial charge in [0.1, 0.15) is 12.0 Å². The van der Waals surface area contributed by atoms with Crippen LogP contribution in [0.25, 0.3) is 0 Å². The van der Waals surface area contributed by atoms with E-state index in [0.717, 1.165) is 12.8 Å². The van der Waals surface area contributed by atoms with Crippen LogP contribution < -0.4 is 5.32 Å². The molecule has 5 nitrogen and oxygen atoms in total. The predicted octanol–water partition coefficient (Wildman–Crippen LogP) is 4.02. The maximum Gasteiger partial charge on any atom is 0.301 e. The molecule has 0 saturated carbocycles. The Morgan fingerprint density at radius 1 is 1.14 bits per heavy atom. The molecule has 1 heterocycles. The zero-order valence-electron chi connectivity index (χ0n) is 13.1. The molecule has 0 unspecified atom stereocenters. The second-order valence-corrected chi connectivity index (χ2v) is 5.43. The Morgan fingerprint density at radius 2 is 1.81 bits per heavy atom. The second kappa shape index (κ2) is 10.1. The third kappa shape index (κ3) is 8.27. The molecule has 1 aromatic rings. The number of unbranched alkanes of at least 4 members (excludes halogenated alkanes) is 6. The van der Waals surface area contributed by atoms with Crippen LogP contribution in [0.4, 0.5) is 6.01 Å². The Hall–Kier alpha value is -1.65. The van der Waals surface area contributed by atoms with Crippen molar-refractivity contribution in [3.8, 4) is 0 Å². The lowest BCUT2D eigenvalue weighted by Crippen LogP contribution is -2.16. The maximum absolute atomic E-state index is 11.7. The largest absolute Gasteiger partial charge is 0.432 e. The van der Waals surface area contributed by atoms with Gasteiger partial charge in [0.15, 0.2) is 0 Å². The SMILES string of the molecule is CCCCCCCCCC(=O)CC(=O)Nc1nc(C)co1. The minimum atomic E-state index is -0.357. The number of hydrogen-bond donors (Lipinski definition) is 1. The molecular formula is C16H26N2O3. The Kier molecular flexibility index (Phi) is 8.40. The lowest BCUT2D eigenvalue weighted by molar-refractivity contribution is -0.125. The summed E-state index contributed by atoms with van der Waals surface area (Å²) in [6.45, 7) is 3.97. The highest BCUT2D eigenvalue weighted by Gasteiger charge is 2.11. The van der Waals surface area contributed by atoms with Crippen molar-refractivity contribution in [2.75, 3.05) is 5.32 Å². The molecule has 118 valence electrons. The van der Waals surface area contributed by atoms with Gasteiger partial charge >= 0.3 is 6.01 Å². The quantitative estimate of drug-likeness (QED) is 0.494. The number of anilines is 1. The van der Waals surface area contributed by atoms with Crippen LogP contribution in [-0.2, 0) is 9.59 Å². The van der Waals surface area contributed by atoms with Crippen molar-refractivity contribution in [2.45, 2.75) is 71.6 Å². The molecule has 0 aliphatic rings. The smallest absolute Gasteiger partial charge is 0.301 e. The predicted molar refractivity (Wildman–Crippen MR) is 82.1 cm³/mol. The van der Waals surface area contributed by atoms with Crippen LogP contribution in [0, 0.1) is 6.92 Å². The first-order valence-electron chi connectivity index (χ1n) is 7.85. The van der Waals surface area contributed by atoms with Gasteiger partial charge in [0.25, 0.3) is 0 Å². The molecule has 0 aromatic carbocycles. The molecule has 0 spiro atoms. The minimum absolute atomic E-state index is 0.0238. The molecule has 1 amide bonds. The van der Waals surface area contributed by atoms with Crippen LogP contribution in [0.3, 0.4) is 0 Å². The first kappa shape index (κ1) is 17.4. The molecular weight excluding hydrogens is 268 g/mol. The third-order valence-corrected chi connectivity index (χ3v) is 3.28. The van der Waals surface area contributed by atoms with Crippen molar-refractivity contribution in [2.24, 2.45) is 0 Å². The number of nitrogens with one attached hydrogen (secondary N) is 1. The van der Waals surface area contributed by atoms with Gasteiger partial charge < -0.3 is 4.42 Å². The summed E-state index contributed by atoms with van der Waals surface area (Å²) in [7, 11) is 0. The van der Waals surface area contributed by atoms with Crippen molar-refractivity contribution in [1.29, 1.82) is 0 Å². The average Bonchev–Trinajstić information content (AvgIpc) is 2.82. The average molecular weight is 294 g/mol. The number of aromatic nitrogens is 1. The number of rotatable bonds is 11. The third-order valence-electron chi connectivity index (χ3n) is 3.28. The molecule has 0 bridgehead atoms. The first-order chi connectivity index (χ1) is 10.1. The number of aryl methyl sites for hydroxylation is 1. The van der Waals surface area contributed by atoms with Crippen LogP contribution in [0.15, 0.2) is 10.7 Å². The number of hydrogen-bond acceptors (Lipinski definition) is 4. The zero-order valence-corrected chi connectivity index (χ0v) is 13.1. The highest BCUT2D eigenvalue weighted by molar-refractivity contribution is 6.03. The Balaban J connectivity index is 2.06. The summed E-state index contributed by atoms with van der Waals surface area (Å²) in [5, 5.41) is 2.48. The van der Waals surface area contributed by atoms with Crippen LogP contribution in [0.2, 0.25) is 0 Å². The van der Waals surface area contributed by atoms with E-state index in [-0.39, 0.29) is 24.1 Å². The molecule has 21 heavy (non-hydrogen) atoms. The molecule has 0 atom stereocenters. The summed E-state index contributed by atoms with van der Waals surface area (Å²) in [4.78, 5) is 27.2. The lowest BCUT2D eigenvalue weighted by Gasteiger charge is -2.02. The number of ketones is 1. The molecule has 0 radical (unpaired) electrons. The number of oxazole rings is 1. The fraction of sp³-hybridized carbons (Fsp3) is 0.688. The summed E-state index contributed by atoms with van der Waals surface area (Å²) in [5.74, 6) is -0.380. The summed E-state index contributed by atoms with van der Waals surface area (Å²) >= 11 is 0. The molecule has 1 aromatic heterocycles.